The van der Waals surface area contributed by atoms with Gasteiger partial charge in [-0.2, -0.15) is 5.10 Å². The Labute approximate surface area is 101 Å². The van der Waals surface area contributed by atoms with E-state index in [0.29, 0.717) is 0 Å². The van der Waals surface area contributed by atoms with Crippen molar-refractivity contribution in [3.05, 3.63) is 12.4 Å². The van der Waals surface area contributed by atoms with Gasteiger partial charge in [0.25, 0.3) is 0 Å². The first kappa shape index (κ1) is 12.6. The molecule has 0 saturated carbocycles. The maximum absolute atomic E-state index is 12.2. The van der Waals surface area contributed by atoms with Gasteiger partial charge in [0.2, 0.25) is 0 Å². The van der Waals surface area contributed by atoms with Gasteiger partial charge < -0.3 is 9.31 Å². The van der Waals surface area contributed by atoms with E-state index in [0.717, 1.165) is 5.46 Å². The average Bonchev–Trinajstić information content (AvgIpc) is 2.71. The van der Waals surface area contributed by atoms with Gasteiger partial charge >= 0.3 is 7.12 Å². The first-order valence-corrected chi connectivity index (χ1v) is 5.80. The van der Waals surface area contributed by atoms with E-state index >= 15 is 0 Å². The first-order chi connectivity index (χ1) is 7.86. The topological polar surface area (TPSA) is 36.3 Å². The minimum atomic E-state index is -0.426. The second-order valence-corrected chi connectivity index (χ2v) is 5.31. The van der Waals surface area contributed by atoms with Crippen molar-refractivity contribution in [1.82, 2.24) is 9.78 Å². The van der Waals surface area contributed by atoms with Gasteiger partial charge in [0.05, 0.1) is 17.7 Å². The lowest BCUT2D eigenvalue weighted by Gasteiger charge is -2.32. The van der Waals surface area contributed by atoms with Gasteiger partial charge in [0, 0.05) is 17.9 Å². The van der Waals surface area contributed by atoms with E-state index in [1.54, 1.807) is 17.1 Å². The lowest BCUT2D eigenvalue weighted by Crippen LogP contribution is -2.41. The largest absolute Gasteiger partial charge is 0.498 e. The highest BCUT2D eigenvalue weighted by molar-refractivity contribution is 6.61. The van der Waals surface area contributed by atoms with Crippen LogP contribution < -0.4 is 5.46 Å². The molecule has 6 heteroatoms. The van der Waals surface area contributed by atoms with E-state index in [9.17, 15) is 4.39 Å². The van der Waals surface area contributed by atoms with Crippen LogP contribution >= 0.6 is 0 Å². The number of alkyl halides is 1. The van der Waals surface area contributed by atoms with Crippen molar-refractivity contribution in [2.24, 2.45) is 0 Å². The smallest absolute Gasteiger partial charge is 0.399 e. The molecule has 1 aromatic heterocycles. The molecule has 17 heavy (non-hydrogen) atoms. The van der Waals surface area contributed by atoms with E-state index in [1.807, 2.05) is 27.7 Å². The first-order valence-electron chi connectivity index (χ1n) is 5.80. The number of aryl methyl sites for hydroxylation is 1. The molecule has 2 rings (SSSR count). The third-order valence-corrected chi connectivity index (χ3v) is 3.49. The van der Waals surface area contributed by atoms with E-state index < -0.39 is 13.8 Å². The minimum Gasteiger partial charge on any atom is -0.399 e. The third-order valence-electron chi connectivity index (χ3n) is 3.49. The van der Waals surface area contributed by atoms with E-state index in [-0.39, 0.29) is 17.7 Å². The fourth-order valence-electron chi connectivity index (χ4n) is 1.69. The number of aromatic nitrogens is 2. The number of hydrogen-bond acceptors (Lipinski definition) is 3. The molecule has 94 valence electrons. The SMILES string of the molecule is CC1(C)OB(c2cnn(CCF)c2)OC1(C)C. The Balaban J connectivity index is 2.14. The van der Waals surface area contributed by atoms with Crippen LogP contribution in [0.2, 0.25) is 0 Å². The summed E-state index contributed by atoms with van der Waals surface area (Å²) in [4.78, 5) is 0. The molecule has 0 radical (unpaired) electrons. The number of rotatable bonds is 3. The van der Waals surface area contributed by atoms with Gasteiger partial charge in [-0.15, -0.1) is 0 Å². The molecule has 0 aromatic carbocycles. The highest BCUT2D eigenvalue weighted by Gasteiger charge is 2.52. The molecule has 0 N–H and O–H groups in total. The average molecular weight is 240 g/mol. The van der Waals surface area contributed by atoms with Gasteiger partial charge in [0.1, 0.15) is 6.67 Å². The maximum atomic E-state index is 12.2. The molecule has 2 heterocycles. The zero-order valence-electron chi connectivity index (χ0n) is 10.7. The van der Waals surface area contributed by atoms with Gasteiger partial charge in [-0.3, -0.25) is 4.68 Å². The van der Waals surface area contributed by atoms with Crippen LogP contribution in [0.15, 0.2) is 12.4 Å². The molecule has 0 bridgehead atoms. The molecule has 0 aliphatic carbocycles. The summed E-state index contributed by atoms with van der Waals surface area (Å²) in [6, 6.07) is 0. The lowest BCUT2D eigenvalue weighted by molar-refractivity contribution is 0.00578. The van der Waals surface area contributed by atoms with Crippen LogP contribution in [0.5, 0.6) is 0 Å². The van der Waals surface area contributed by atoms with Crippen LogP contribution in [0.25, 0.3) is 0 Å². The zero-order valence-corrected chi connectivity index (χ0v) is 10.7. The summed E-state index contributed by atoms with van der Waals surface area (Å²) < 4.78 is 25.5. The Morgan fingerprint density at radius 3 is 2.41 bits per heavy atom. The van der Waals surface area contributed by atoms with Crippen molar-refractivity contribution in [2.75, 3.05) is 6.67 Å². The van der Waals surface area contributed by atoms with Crippen molar-refractivity contribution in [3.63, 3.8) is 0 Å². The highest BCUT2D eigenvalue weighted by Crippen LogP contribution is 2.36. The molecule has 4 nitrogen and oxygen atoms in total. The summed E-state index contributed by atoms with van der Waals surface area (Å²) in [7, 11) is -0.423. The van der Waals surface area contributed by atoms with Crippen molar-refractivity contribution in [2.45, 2.75) is 45.4 Å². The summed E-state index contributed by atoms with van der Waals surface area (Å²) in [6.07, 6.45) is 3.43. The quantitative estimate of drug-likeness (QED) is 0.743. The number of nitrogens with zero attached hydrogens (tertiary/aromatic N) is 2. The standard InChI is InChI=1S/C11H18BFN2O2/c1-10(2)11(3,4)17-12(16-10)9-7-14-15(8-9)6-5-13/h7-8H,5-6H2,1-4H3. The lowest BCUT2D eigenvalue weighted by atomic mass is 9.82. The van der Waals surface area contributed by atoms with Crippen LogP contribution in [0.4, 0.5) is 4.39 Å². The van der Waals surface area contributed by atoms with Crippen LogP contribution in [0.3, 0.4) is 0 Å². The summed E-state index contributed by atoms with van der Waals surface area (Å²) in [6.45, 7) is 7.83. The summed E-state index contributed by atoms with van der Waals surface area (Å²) >= 11 is 0. The Hall–Kier alpha value is -0.875. The molecular weight excluding hydrogens is 222 g/mol. The normalized spacial score (nSPS) is 22.1. The van der Waals surface area contributed by atoms with Crippen molar-refractivity contribution in [3.8, 4) is 0 Å². The van der Waals surface area contributed by atoms with Gasteiger partial charge in [-0.05, 0) is 27.7 Å². The van der Waals surface area contributed by atoms with Crippen LogP contribution in [0, 0.1) is 0 Å². The number of hydrogen-bond donors (Lipinski definition) is 0. The molecule has 1 saturated heterocycles. The van der Waals surface area contributed by atoms with Crippen LogP contribution in [0.1, 0.15) is 27.7 Å². The molecule has 1 aromatic rings. The third kappa shape index (κ3) is 2.24. The van der Waals surface area contributed by atoms with Crippen molar-refractivity contribution in [1.29, 1.82) is 0 Å². The second-order valence-electron chi connectivity index (χ2n) is 5.31. The van der Waals surface area contributed by atoms with Gasteiger partial charge in [0.15, 0.2) is 0 Å². The Morgan fingerprint density at radius 2 is 1.88 bits per heavy atom. The molecule has 0 amide bonds. The summed E-state index contributed by atoms with van der Waals surface area (Å²) in [5.74, 6) is 0. The molecule has 1 aliphatic heterocycles. The molecule has 0 spiro atoms. The fourth-order valence-corrected chi connectivity index (χ4v) is 1.69. The minimum absolute atomic E-state index is 0.263. The van der Waals surface area contributed by atoms with Crippen LogP contribution in [-0.4, -0.2) is 34.8 Å². The van der Waals surface area contributed by atoms with E-state index in [1.165, 1.54) is 0 Å². The van der Waals surface area contributed by atoms with Gasteiger partial charge in [-0.25, -0.2) is 4.39 Å². The second kappa shape index (κ2) is 4.10. The molecule has 1 fully saturated rings. The molecular formula is C11H18BFN2O2. The fraction of sp³-hybridized carbons (Fsp3) is 0.727. The monoisotopic (exact) mass is 240 g/mol. The Kier molecular flexibility index (Phi) is 3.03. The molecule has 1 aliphatic rings. The predicted octanol–water partition coefficient (Wildman–Crippen LogP) is 1.15. The Bertz CT molecular complexity index is 390. The maximum Gasteiger partial charge on any atom is 0.498 e. The van der Waals surface area contributed by atoms with Crippen molar-refractivity contribution < 1.29 is 13.7 Å². The zero-order chi connectivity index (χ0) is 12.7. The summed E-state index contributed by atoms with van der Waals surface area (Å²) in [5, 5.41) is 4.06. The van der Waals surface area contributed by atoms with E-state index in [4.69, 9.17) is 9.31 Å². The van der Waals surface area contributed by atoms with Crippen molar-refractivity contribution >= 4 is 12.6 Å². The summed E-state index contributed by atoms with van der Waals surface area (Å²) in [5.41, 5.74) is 0.108. The van der Waals surface area contributed by atoms with Gasteiger partial charge in [-0.1, -0.05) is 0 Å². The predicted molar refractivity (Wildman–Crippen MR) is 63.9 cm³/mol. The molecule has 0 atom stereocenters. The van der Waals surface area contributed by atoms with Crippen LogP contribution in [-0.2, 0) is 15.9 Å². The molecule has 0 unspecified atom stereocenters. The number of halogens is 1. The Morgan fingerprint density at radius 1 is 1.29 bits per heavy atom. The highest BCUT2D eigenvalue weighted by atomic mass is 19.1. The van der Waals surface area contributed by atoms with E-state index in [2.05, 4.69) is 5.10 Å².